The van der Waals surface area contributed by atoms with Crippen molar-refractivity contribution in [2.75, 3.05) is 17.7 Å². The molecule has 1 atom stereocenters. The van der Waals surface area contributed by atoms with Gasteiger partial charge < -0.3 is 10.6 Å². The number of anilines is 2. The number of nitrogens with zero attached hydrogens (tertiary/aromatic N) is 2. The molecule has 2 heterocycles. The zero-order chi connectivity index (χ0) is 12.3. The number of hydrogen-bond acceptors (Lipinski definition) is 4. The molecule has 2 N–H and O–H groups in total. The quantitative estimate of drug-likeness (QED) is 0.903. The third-order valence-electron chi connectivity index (χ3n) is 2.92. The van der Waals surface area contributed by atoms with Crippen molar-refractivity contribution in [2.45, 2.75) is 19.4 Å². The van der Waals surface area contributed by atoms with Gasteiger partial charge in [0, 0.05) is 24.4 Å². The molecule has 17 heavy (non-hydrogen) atoms. The predicted molar refractivity (Wildman–Crippen MR) is 74.5 cm³/mol. The molecule has 3 nitrogen and oxygen atoms in total. The zero-order valence-electron chi connectivity index (χ0n) is 10.1. The van der Waals surface area contributed by atoms with Crippen LogP contribution in [0.5, 0.6) is 0 Å². The van der Waals surface area contributed by atoms with Gasteiger partial charge in [-0.1, -0.05) is 6.07 Å². The van der Waals surface area contributed by atoms with Gasteiger partial charge in [-0.3, -0.25) is 0 Å². The van der Waals surface area contributed by atoms with Crippen molar-refractivity contribution >= 4 is 22.8 Å². The Balaban J connectivity index is 2.04. The maximum Gasteiger partial charge on any atom is 0.123 e. The third-order valence-corrected chi connectivity index (χ3v) is 3.81. The molecular formula is C13H17N3S. The highest BCUT2D eigenvalue weighted by Gasteiger charge is 2.11. The summed E-state index contributed by atoms with van der Waals surface area (Å²) in [4.78, 5) is 7.76. The molecule has 2 aromatic heterocycles. The summed E-state index contributed by atoms with van der Waals surface area (Å²) >= 11 is 1.80. The van der Waals surface area contributed by atoms with Crippen LogP contribution in [0.2, 0.25) is 0 Å². The number of pyridine rings is 1. The van der Waals surface area contributed by atoms with Crippen molar-refractivity contribution in [3.8, 4) is 0 Å². The van der Waals surface area contributed by atoms with Crippen molar-refractivity contribution in [1.82, 2.24) is 4.98 Å². The molecular weight excluding hydrogens is 230 g/mol. The average Bonchev–Trinajstić information content (AvgIpc) is 2.82. The van der Waals surface area contributed by atoms with Crippen molar-refractivity contribution < 1.29 is 0 Å². The summed E-state index contributed by atoms with van der Waals surface area (Å²) in [5.41, 5.74) is 6.68. The van der Waals surface area contributed by atoms with Crippen LogP contribution in [0.4, 0.5) is 11.5 Å². The standard InChI is InChI=1S/C13H17N3S/c1-10(8-12-4-3-7-17-12)16(2)11-5-6-13(14)15-9-11/h3-7,9-10H,8H2,1-2H3,(H2,14,15). The minimum Gasteiger partial charge on any atom is -0.384 e. The molecule has 0 amide bonds. The van der Waals surface area contributed by atoms with Crippen LogP contribution >= 0.6 is 11.3 Å². The number of thiophene rings is 1. The second kappa shape index (κ2) is 5.19. The fraction of sp³-hybridized carbons (Fsp3) is 0.308. The number of likely N-dealkylation sites (N-methyl/N-ethyl adjacent to an activating group) is 1. The number of aromatic nitrogens is 1. The lowest BCUT2D eigenvalue weighted by Gasteiger charge is -2.26. The van der Waals surface area contributed by atoms with Crippen LogP contribution in [-0.4, -0.2) is 18.1 Å². The van der Waals surface area contributed by atoms with Crippen LogP contribution < -0.4 is 10.6 Å². The van der Waals surface area contributed by atoms with E-state index in [4.69, 9.17) is 5.73 Å². The Kier molecular flexibility index (Phi) is 3.64. The van der Waals surface area contributed by atoms with E-state index in [9.17, 15) is 0 Å². The maximum absolute atomic E-state index is 5.58. The molecule has 90 valence electrons. The molecule has 0 aliphatic rings. The van der Waals surface area contributed by atoms with Gasteiger partial charge in [0.2, 0.25) is 0 Å². The van der Waals surface area contributed by atoms with E-state index in [-0.39, 0.29) is 0 Å². The second-order valence-corrected chi connectivity index (χ2v) is 5.22. The summed E-state index contributed by atoms with van der Waals surface area (Å²) in [6, 6.07) is 8.56. The molecule has 2 rings (SSSR count). The Bertz CT molecular complexity index is 450. The lowest BCUT2D eigenvalue weighted by Crippen LogP contribution is -2.30. The molecule has 0 spiro atoms. The first-order valence-electron chi connectivity index (χ1n) is 5.63. The average molecular weight is 247 g/mol. The van der Waals surface area contributed by atoms with Crippen molar-refractivity contribution in [1.29, 1.82) is 0 Å². The van der Waals surface area contributed by atoms with Crippen LogP contribution in [0.25, 0.3) is 0 Å². The molecule has 0 fully saturated rings. The van der Waals surface area contributed by atoms with Gasteiger partial charge in [0.05, 0.1) is 11.9 Å². The lowest BCUT2D eigenvalue weighted by atomic mass is 10.1. The molecule has 0 saturated carbocycles. The third kappa shape index (κ3) is 2.97. The van der Waals surface area contributed by atoms with Gasteiger partial charge in [-0.2, -0.15) is 0 Å². The van der Waals surface area contributed by atoms with Crippen LogP contribution in [0.3, 0.4) is 0 Å². The van der Waals surface area contributed by atoms with E-state index in [2.05, 4.69) is 41.4 Å². The Hall–Kier alpha value is -1.55. The summed E-state index contributed by atoms with van der Waals surface area (Å²) in [7, 11) is 2.09. The summed E-state index contributed by atoms with van der Waals surface area (Å²) in [6.45, 7) is 2.22. The number of rotatable bonds is 4. The van der Waals surface area contributed by atoms with Crippen LogP contribution in [0.15, 0.2) is 35.8 Å². The highest BCUT2D eigenvalue weighted by atomic mass is 32.1. The minimum atomic E-state index is 0.444. The Morgan fingerprint density at radius 1 is 1.41 bits per heavy atom. The van der Waals surface area contributed by atoms with Crippen LogP contribution in [0, 0.1) is 0 Å². The molecule has 1 unspecified atom stereocenters. The van der Waals surface area contributed by atoms with E-state index < -0.39 is 0 Å². The highest BCUT2D eigenvalue weighted by Crippen LogP contribution is 2.19. The zero-order valence-corrected chi connectivity index (χ0v) is 10.9. The molecule has 4 heteroatoms. The summed E-state index contributed by atoms with van der Waals surface area (Å²) in [6.07, 6.45) is 2.87. The number of hydrogen-bond donors (Lipinski definition) is 1. The lowest BCUT2D eigenvalue weighted by molar-refractivity contribution is 0.687. The van der Waals surface area contributed by atoms with Gasteiger partial charge in [0.25, 0.3) is 0 Å². The van der Waals surface area contributed by atoms with E-state index in [1.54, 1.807) is 11.3 Å². The van der Waals surface area contributed by atoms with E-state index in [0.29, 0.717) is 11.9 Å². The highest BCUT2D eigenvalue weighted by molar-refractivity contribution is 7.09. The molecule has 0 aliphatic carbocycles. The molecule has 2 aromatic rings. The van der Waals surface area contributed by atoms with Crippen molar-refractivity contribution in [2.24, 2.45) is 0 Å². The fourth-order valence-electron chi connectivity index (χ4n) is 1.72. The van der Waals surface area contributed by atoms with Gasteiger partial charge >= 0.3 is 0 Å². The summed E-state index contributed by atoms with van der Waals surface area (Å²) in [5.74, 6) is 0.563. The monoisotopic (exact) mass is 247 g/mol. The smallest absolute Gasteiger partial charge is 0.123 e. The van der Waals surface area contributed by atoms with Crippen molar-refractivity contribution in [3.05, 3.63) is 40.7 Å². The Labute approximate surface area is 106 Å². The first kappa shape index (κ1) is 11.9. The largest absolute Gasteiger partial charge is 0.384 e. The first-order chi connectivity index (χ1) is 8.16. The van der Waals surface area contributed by atoms with E-state index in [1.165, 1.54) is 4.88 Å². The summed E-state index contributed by atoms with van der Waals surface area (Å²) < 4.78 is 0. The summed E-state index contributed by atoms with van der Waals surface area (Å²) in [5, 5.41) is 2.12. The topological polar surface area (TPSA) is 42.1 Å². The molecule has 0 bridgehead atoms. The Morgan fingerprint density at radius 3 is 2.82 bits per heavy atom. The van der Waals surface area contributed by atoms with Gasteiger partial charge in [0.15, 0.2) is 0 Å². The van der Waals surface area contributed by atoms with Gasteiger partial charge in [-0.05, 0) is 30.5 Å². The fourth-order valence-corrected chi connectivity index (χ4v) is 2.54. The minimum absolute atomic E-state index is 0.444. The Morgan fingerprint density at radius 2 is 2.24 bits per heavy atom. The SMILES string of the molecule is CC(Cc1cccs1)N(C)c1ccc(N)nc1. The van der Waals surface area contributed by atoms with Gasteiger partial charge in [0.1, 0.15) is 5.82 Å². The van der Waals surface area contributed by atoms with Crippen LogP contribution in [0.1, 0.15) is 11.8 Å². The van der Waals surface area contributed by atoms with E-state index >= 15 is 0 Å². The maximum atomic E-state index is 5.58. The number of nitrogens with two attached hydrogens (primary N) is 1. The van der Waals surface area contributed by atoms with E-state index in [0.717, 1.165) is 12.1 Å². The van der Waals surface area contributed by atoms with Gasteiger partial charge in [-0.25, -0.2) is 4.98 Å². The first-order valence-corrected chi connectivity index (χ1v) is 6.51. The van der Waals surface area contributed by atoms with Gasteiger partial charge in [-0.15, -0.1) is 11.3 Å². The normalized spacial score (nSPS) is 12.4. The predicted octanol–water partition coefficient (Wildman–Crippen LogP) is 2.79. The van der Waals surface area contributed by atoms with E-state index in [1.807, 2.05) is 18.3 Å². The molecule has 0 aromatic carbocycles. The van der Waals surface area contributed by atoms with Crippen molar-refractivity contribution in [3.63, 3.8) is 0 Å². The molecule has 0 aliphatic heterocycles. The molecule has 0 saturated heterocycles. The van der Waals surface area contributed by atoms with Crippen LogP contribution in [-0.2, 0) is 6.42 Å². The molecule has 0 radical (unpaired) electrons. The second-order valence-electron chi connectivity index (χ2n) is 4.18. The number of nitrogen functional groups attached to an aromatic ring is 1.